The lowest BCUT2D eigenvalue weighted by molar-refractivity contribution is -0.167. The van der Waals surface area contributed by atoms with Gasteiger partial charge in [0.1, 0.15) is 13.2 Å². The van der Waals surface area contributed by atoms with Gasteiger partial charge in [0.25, 0.3) is 0 Å². The van der Waals surface area contributed by atoms with E-state index in [-0.39, 0.29) is 31.1 Å². The van der Waals surface area contributed by atoms with Gasteiger partial charge in [-0.1, -0.05) is 312 Å². The van der Waals surface area contributed by atoms with E-state index in [0.717, 1.165) is 96.3 Å². The van der Waals surface area contributed by atoms with Gasteiger partial charge in [0.05, 0.1) is 0 Å². The summed E-state index contributed by atoms with van der Waals surface area (Å²) in [5, 5.41) is 0. The largest absolute Gasteiger partial charge is 0.462 e. The molecule has 0 aliphatic heterocycles. The van der Waals surface area contributed by atoms with Gasteiger partial charge in [-0.15, -0.1) is 0 Å². The molecule has 0 spiro atoms. The van der Waals surface area contributed by atoms with Crippen molar-refractivity contribution in [1.82, 2.24) is 0 Å². The fourth-order valence-electron chi connectivity index (χ4n) is 9.39. The summed E-state index contributed by atoms with van der Waals surface area (Å²) < 4.78 is 16.9. The summed E-state index contributed by atoms with van der Waals surface area (Å²) in [6.45, 7) is 6.56. The van der Waals surface area contributed by atoms with Crippen molar-refractivity contribution in [2.75, 3.05) is 13.2 Å². The Morgan fingerprint density at radius 2 is 0.520 bits per heavy atom. The molecule has 0 fully saturated rings. The maximum Gasteiger partial charge on any atom is 0.306 e. The Hall–Kier alpha value is -3.15. The van der Waals surface area contributed by atoms with E-state index in [1.165, 1.54) is 193 Å². The van der Waals surface area contributed by atoms with Crippen LogP contribution in [0.3, 0.4) is 0 Å². The number of esters is 3. The minimum Gasteiger partial charge on any atom is -0.462 e. The van der Waals surface area contributed by atoms with Crippen molar-refractivity contribution >= 4 is 17.9 Å². The molecule has 6 heteroatoms. The normalized spacial score (nSPS) is 12.5. The molecular weight excluding hydrogens is 925 g/mol. The van der Waals surface area contributed by atoms with Gasteiger partial charge in [-0.2, -0.15) is 0 Å². The highest BCUT2D eigenvalue weighted by Crippen LogP contribution is 2.17. The third-order valence-corrected chi connectivity index (χ3v) is 14.2. The molecule has 0 aliphatic carbocycles. The van der Waals surface area contributed by atoms with Gasteiger partial charge in [-0.25, -0.2) is 0 Å². The quantitative estimate of drug-likeness (QED) is 0.0261. The Morgan fingerprint density at radius 1 is 0.280 bits per heavy atom. The first-order valence-corrected chi connectivity index (χ1v) is 32.4. The molecule has 0 bridgehead atoms. The fourth-order valence-corrected chi connectivity index (χ4v) is 9.39. The van der Waals surface area contributed by atoms with Crippen molar-refractivity contribution in [2.24, 2.45) is 0 Å². The molecule has 434 valence electrons. The lowest BCUT2D eigenvalue weighted by Gasteiger charge is -2.18. The Kier molecular flexibility index (Phi) is 60.7. The number of carbonyl (C=O) groups excluding carboxylic acids is 3. The summed E-state index contributed by atoms with van der Waals surface area (Å²) in [5.41, 5.74) is 0. The first-order chi connectivity index (χ1) is 37.0. The third-order valence-electron chi connectivity index (χ3n) is 14.2. The molecule has 0 aromatic carbocycles. The molecule has 75 heavy (non-hydrogen) atoms. The molecule has 0 rings (SSSR count). The zero-order chi connectivity index (χ0) is 54.3. The number of carbonyl (C=O) groups is 3. The highest BCUT2D eigenvalue weighted by molar-refractivity contribution is 5.71. The van der Waals surface area contributed by atoms with Crippen LogP contribution < -0.4 is 0 Å². The Morgan fingerprint density at radius 3 is 0.813 bits per heavy atom. The van der Waals surface area contributed by atoms with Gasteiger partial charge in [0.2, 0.25) is 0 Å². The van der Waals surface area contributed by atoms with E-state index in [1.54, 1.807) is 0 Å². The first-order valence-electron chi connectivity index (χ1n) is 32.4. The van der Waals surface area contributed by atoms with E-state index >= 15 is 0 Å². The second-order valence-corrected chi connectivity index (χ2v) is 21.7. The van der Waals surface area contributed by atoms with E-state index < -0.39 is 6.10 Å². The number of hydrogen-bond acceptors (Lipinski definition) is 6. The first kappa shape index (κ1) is 71.8. The molecule has 0 aliphatic rings. The van der Waals surface area contributed by atoms with E-state index in [9.17, 15) is 14.4 Å². The predicted octanol–water partition coefficient (Wildman–Crippen LogP) is 22.1. The van der Waals surface area contributed by atoms with Crippen molar-refractivity contribution in [3.05, 3.63) is 72.9 Å². The van der Waals surface area contributed by atoms with Crippen molar-refractivity contribution in [2.45, 2.75) is 335 Å². The molecule has 0 radical (unpaired) electrons. The van der Waals surface area contributed by atoms with Crippen LogP contribution in [0.5, 0.6) is 0 Å². The summed E-state index contributed by atoms with van der Waals surface area (Å²) >= 11 is 0. The van der Waals surface area contributed by atoms with E-state index in [2.05, 4.69) is 93.7 Å². The summed E-state index contributed by atoms with van der Waals surface area (Å²) in [6.07, 6.45) is 82.0. The summed E-state index contributed by atoms with van der Waals surface area (Å²) in [5.74, 6) is -0.855. The van der Waals surface area contributed by atoms with Crippen LogP contribution in [0.4, 0.5) is 0 Å². The van der Waals surface area contributed by atoms with Crippen LogP contribution in [0, 0.1) is 0 Å². The van der Waals surface area contributed by atoms with Crippen molar-refractivity contribution in [3.63, 3.8) is 0 Å². The molecule has 0 saturated heterocycles. The molecule has 0 amide bonds. The highest BCUT2D eigenvalue weighted by Gasteiger charge is 2.19. The fraction of sp³-hybridized carbons (Fsp3) is 0.783. The molecule has 0 aromatic heterocycles. The lowest BCUT2D eigenvalue weighted by atomic mass is 10.0. The monoisotopic (exact) mass is 1050 g/mol. The van der Waals surface area contributed by atoms with E-state index in [4.69, 9.17) is 14.2 Å². The summed E-state index contributed by atoms with van der Waals surface area (Å²) in [7, 11) is 0. The minimum absolute atomic E-state index is 0.0696. The average Bonchev–Trinajstić information content (AvgIpc) is 3.41. The Bertz CT molecular complexity index is 1390. The average molecular weight is 1050 g/mol. The van der Waals surface area contributed by atoms with Crippen molar-refractivity contribution in [3.8, 4) is 0 Å². The second-order valence-electron chi connectivity index (χ2n) is 21.7. The van der Waals surface area contributed by atoms with Crippen LogP contribution in [0.25, 0.3) is 0 Å². The lowest BCUT2D eigenvalue weighted by Crippen LogP contribution is -2.30. The van der Waals surface area contributed by atoms with Gasteiger partial charge in [0.15, 0.2) is 6.10 Å². The predicted molar refractivity (Wildman–Crippen MR) is 325 cm³/mol. The molecule has 0 heterocycles. The molecule has 0 saturated carbocycles. The molecule has 0 N–H and O–H groups in total. The Labute approximate surface area is 465 Å². The smallest absolute Gasteiger partial charge is 0.306 e. The third kappa shape index (κ3) is 61.6. The highest BCUT2D eigenvalue weighted by atomic mass is 16.6. The molecule has 1 atom stereocenters. The van der Waals surface area contributed by atoms with Crippen LogP contribution in [0.15, 0.2) is 72.9 Å². The minimum atomic E-state index is -0.771. The van der Waals surface area contributed by atoms with Gasteiger partial charge < -0.3 is 14.2 Å². The number of hydrogen-bond donors (Lipinski definition) is 0. The number of rotatable bonds is 59. The van der Waals surface area contributed by atoms with Gasteiger partial charge in [0, 0.05) is 19.3 Å². The number of allylic oxidation sites excluding steroid dienone is 12. The molecule has 0 aromatic rings. The van der Waals surface area contributed by atoms with Gasteiger partial charge >= 0.3 is 17.9 Å². The molecular formula is C69H122O6. The standard InChI is InChI=1S/C69H122O6/c1-4-7-10-13-16-19-22-24-26-27-28-29-30-31-32-33-34-35-36-37-38-39-40-41-43-44-47-50-53-56-59-62-68(71)74-65-66(64-73-67(70)61-58-55-52-49-46-21-18-15-12-9-6-3)75-69(72)63-60-57-54-51-48-45-42-25-23-20-17-14-11-8-5-2/h7,10,16,19,24,26,28-29,31-32,34-35,66H,4-6,8-9,11-15,17-18,20-23,25,27,30,33,36-65H2,1-3H3/b10-7-,19-16-,26-24-,29-28-,32-31-,35-34-. The zero-order valence-corrected chi connectivity index (χ0v) is 49.8. The number of ether oxygens (including phenoxy) is 3. The van der Waals surface area contributed by atoms with Crippen LogP contribution in [-0.4, -0.2) is 37.2 Å². The maximum atomic E-state index is 12.9. The van der Waals surface area contributed by atoms with E-state index in [1.807, 2.05) is 0 Å². The summed E-state index contributed by atoms with van der Waals surface area (Å²) in [6, 6.07) is 0. The maximum absolute atomic E-state index is 12.9. The second kappa shape index (κ2) is 63.4. The molecule has 1 unspecified atom stereocenters. The SMILES string of the molecule is CC/C=C\C/C=C\C/C=C\C/C=C\C/C=C\C/C=C\CCCCCCCCCCCCCCC(=O)OCC(COC(=O)CCCCCCCCCCCCC)OC(=O)CCCCCCCCCCCCCCCCC. The number of unbranched alkanes of at least 4 members (excludes halogenated alkanes) is 36. The van der Waals surface area contributed by atoms with Crippen LogP contribution in [-0.2, 0) is 28.6 Å². The van der Waals surface area contributed by atoms with Crippen LogP contribution in [0.1, 0.15) is 329 Å². The summed E-state index contributed by atoms with van der Waals surface area (Å²) in [4.78, 5) is 38.2. The molecule has 6 nitrogen and oxygen atoms in total. The Balaban J connectivity index is 4.16. The van der Waals surface area contributed by atoms with Crippen molar-refractivity contribution in [1.29, 1.82) is 0 Å². The van der Waals surface area contributed by atoms with Crippen LogP contribution >= 0.6 is 0 Å². The zero-order valence-electron chi connectivity index (χ0n) is 49.8. The van der Waals surface area contributed by atoms with Gasteiger partial charge in [-0.05, 0) is 70.6 Å². The van der Waals surface area contributed by atoms with E-state index in [0.29, 0.717) is 19.3 Å². The van der Waals surface area contributed by atoms with Gasteiger partial charge in [-0.3, -0.25) is 14.4 Å². The topological polar surface area (TPSA) is 78.9 Å². The van der Waals surface area contributed by atoms with Crippen LogP contribution in [0.2, 0.25) is 0 Å². The van der Waals surface area contributed by atoms with Crippen molar-refractivity contribution < 1.29 is 28.6 Å².